The Morgan fingerprint density at radius 1 is 0.714 bits per heavy atom. The zero-order chi connectivity index (χ0) is 20.5. The molecule has 6 nitrogen and oxygen atoms in total. The number of nitrogens with one attached hydrogen (secondary N) is 2. The lowest BCUT2D eigenvalue weighted by Crippen LogP contribution is -2.35. The van der Waals surface area contributed by atoms with E-state index in [2.05, 4.69) is 10.6 Å². The molecule has 0 aliphatic rings. The molecule has 0 spiro atoms. The Labute approximate surface area is 166 Å². The summed E-state index contributed by atoms with van der Waals surface area (Å²) in [6.07, 6.45) is -0.0530. The van der Waals surface area contributed by atoms with Gasteiger partial charge in [0.2, 0.25) is 0 Å². The van der Waals surface area contributed by atoms with Crippen LogP contribution in [0.2, 0.25) is 0 Å². The standard InChI is InChI=1S/C22H28N2O4/c1-15(2)27-19-11-7-5-9-17(19)21(25)23-13-14-24-22(26)18-10-6-8-12-20(18)28-16(3)4/h5-12,15-16H,13-14H2,1-4H3,(H,23,25)(H,24,26). The third kappa shape index (κ3) is 6.30. The van der Waals surface area contributed by atoms with Gasteiger partial charge in [-0.2, -0.15) is 0 Å². The van der Waals surface area contributed by atoms with Crippen LogP contribution in [-0.2, 0) is 0 Å². The number of para-hydroxylation sites is 2. The van der Waals surface area contributed by atoms with Gasteiger partial charge in [0.05, 0.1) is 23.3 Å². The van der Waals surface area contributed by atoms with E-state index in [1.165, 1.54) is 0 Å². The molecule has 0 aliphatic carbocycles. The molecule has 0 aromatic heterocycles. The van der Waals surface area contributed by atoms with Crippen LogP contribution < -0.4 is 20.1 Å². The van der Waals surface area contributed by atoms with Gasteiger partial charge in [-0.25, -0.2) is 0 Å². The van der Waals surface area contributed by atoms with Gasteiger partial charge in [-0.3, -0.25) is 9.59 Å². The van der Waals surface area contributed by atoms with Crippen molar-refractivity contribution in [3.63, 3.8) is 0 Å². The maximum absolute atomic E-state index is 12.4. The third-order valence-electron chi connectivity index (χ3n) is 3.68. The molecule has 28 heavy (non-hydrogen) atoms. The molecule has 2 amide bonds. The minimum absolute atomic E-state index is 0.0265. The van der Waals surface area contributed by atoms with E-state index < -0.39 is 0 Å². The minimum atomic E-state index is -0.242. The van der Waals surface area contributed by atoms with Crippen molar-refractivity contribution in [1.29, 1.82) is 0 Å². The summed E-state index contributed by atoms with van der Waals surface area (Å²) in [5.74, 6) is 0.598. The Balaban J connectivity index is 1.88. The van der Waals surface area contributed by atoms with Crippen LogP contribution in [0.3, 0.4) is 0 Å². The van der Waals surface area contributed by atoms with E-state index in [0.29, 0.717) is 35.7 Å². The summed E-state index contributed by atoms with van der Waals surface area (Å²) in [4.78, 5) is 24.8. The first kappa shape index (κ1) is 21.3. The second-order valence-corrected chi connectivity index (χ2v) is 6.84. The highest BCUT2D eigenvalue weighted by Gasteiger charge is 2.14. The zero-order valence-corrected chi connectivity index (χ0v) is 16.8. The summed E-state index contributed by atoms with van der Waals surface area (Å²) in [5, 5.41) is 5.60. The van der Waals surface area contributed by atoms with E-state index in [9.17, 15) is 9.59 Å². The summed E-state index contributed by atoms with van der Waals surface area (Å²) < 4.78 is 11.3. The normalized spacial score (nSPS) is 10.6. The number of amides is 2. The van der Waals surface area contributed by atoms with Crippen LogP contribution in [0.25, 0.3) is 0 Å². The lowest BCUT2D eigenvalue weighted by molar-refractivity contribution is 0.0921. The van der Waals surface area contributed by atoms with Crippen LogP contribution in [0.4, 0.5) is 0 Å². The maximum Gasteiger partial charge on any atom is 0.255 e. The number of hydrogen-bond donors (Lipinski definition) is 2. The summed E-state index contributed by atoms with van der Waals surface area (Å²) in [6.45, 7) is 8.23. The average molecular weight is 384 g/mol. The van der Waals surface area contributed by atoms with Crippen LogP contribution in [-0.4, -0.2) is 37.1 Å². The highest BCUT2D eigenvalue weighted by atomic mass is 16.5. The quantitative estimate of drug-likeness (QED) is 0.650. The fourth-order valence-electron chi connectivity index (χ4n) is 2.56. The van der Waals surface area contributed by atoms with E-state index in [1.807, 2.05) is 39.8 Å². The van der Waals surface area contributed by atoms with Gasteiger partial charge in [-0.05, 0) is 52.0 Å². The van der Waals surface area contributed by atoms with Crippen molar-refractivity contribution < 1.29 is 19.1 Å². The van der Waals surface area contributed by atoms with Crippen molar-refractivity contribution >= 4 is 11.8 Å². The molecule has 0 atom stereocenters. The van der Waals surface area contributed by atoms with E-state index in [4.69, 9.17) is 9.47 Å². The summed E-state index contributed by atoms with van der Waals surface area (Å²) >= 11 is 0. The van der Waals surface area contributed by atoms with Crippen molar-refractivity contribution in [2.24, 2.45) is 0 Å². The predicted molar refractivity (Wildman–Crippen MR) is 109 cm³/mol. The topological polar surface area (TPSA) is 76.7 Å². The Morgan fingerprint density at radius 2 is 1.07 bits per heavy atom. The van der Waals surface area contributed by atoms with Gasteiger partial charge in [0.1, 0.15) is 11.5 Å². The molecule has 0 fully saturated rings. The maximum atomic E-state index is 12.4. The predicted octanol–water partition coefficient (Wildman–Crippen LogP) is 3.42. The van der Waals surface area contributed by atoms with Crippen molar-refractivity contribution in [3.05, 3.63) is 59.7 Å². The SMILES string of the molecule is CC(C)Oc1ccccc1C(=O)NCCNC(=O)c1ccccc1OC(C)C. The Morgan fingerprint density at radius 3 is 1.43 bits per heavy atom. The molecule has 2 rings (SSSR count). The Bertz CT molecular complexity index is 735. The van der Waals surface area contributed by atoms with Gasteiger partial charge >= 0.3 is 0 Å². The Hall–Kier alpha value is -3.02. The van der Waals surface area contributed by atoms with Crippen LogP contribution in [0, 0.1) is 0 Å². The number of hydrogen-bond acceptors (Lipinski definition) is 4. The van der Waals surface area contributed by atoms with Crippen molar-refractivity contribution in [2.45, 2.75) is 39.9 Å². The van der Waals surface area contributed by atoms with Gasteiger partial charge in [0.15, 0.2) is 0 Å². The van der Waals surface area contributed by atoms with Crippen molar-refractivity contribution in [2.75, 3.05) is 13.1 Å². The summed E-state index contributed by atoms with van der Waals surface area (Å²) in [5.41, 5.74) is 0.941. The molecule has 0 aliphatic heterocycles. The van der Waals surface area contributed by atoms with Crippen molar-refractivity contribution in [1.82, 2.24) is 10.6 Å². The van der Waals surface area contributed by atoms with Gasteiger partial charge in [-0.1, -0.05) is 24.3 Å². The molecule has 6 heteroatoms. The van der Waals surface area contributed by atoms with Crippen LogP contribution in [0.1, 0.15) is 48.4 Å². The first-order chi connectivity index (χ1) is 13.4. The number of ether oxygens (including phenoxy) is 2. The van der Waals surface area contributed by atoms with Gasteiger partial charge < -0.3 is 20.1 Å². The molecule has 2 aromatic rings. The largest absolute Gasteiger partial charge is 0.490 e. The molecule has 2 aromatic carbocycles. The second-order valence-electron chi connectivity index (χ2n) is 6.84. The molecule has 150 valence electrons. The average Bonchev–Trinajstić information content (AvgIpc) is 2.65. The second kappa shape index (κ2) is 10.3. The number of benzene rings is 2. The van der Waals surface area contributed by atoms with Crippen LogP contribution in [0.15, 0.2) is 48.5 Å². The summed E-state index contributed by atoms with van der Waals surface area (Å²) in [6, 6.07) is 14.2. The first-order valence-corrected chi connectivity index (χ1v) is 9.46. The van der Waals surface area contributed by atoms with E-state index in [0.717, 1.165) is 0 Å². The van der Waals surface area contributed by atoms with E-state index in [-0.39, 0.29) is 24.0 Å². The molecule has 0 saturated carbocycles. The fraction of sp³-hybridized carbons (Fsp3) is 0.364. The summed E-state index contributed by atoms with van der Waals surface area (Å²) in [7, 11) is 0. The molecule has 0 heterocycles. The molecule has 0 bridgehead atoms. The lowest BCUT2D eigenvalue weighted by atomic mass is 10.2. The number of rotatable bonds is 9. The molecular weight excluding hydrogens is 356 g/mol. The highest BCUT2D eigenvalue weighted by Crippen LogP contribution is 2.20. The number of carbonyl (C=O) groups excluding carboxylic acids is 2. The molecule has 0 saturated heterocycles. The molecule has 0 unspecified atom stereocenters. The van der Waals surface area contributed by atoms with E-state index in [1.54, 1.807) is 36.4 Å². The lowest BCUT2D eigenvalue weighted by Gasteiger charge is -2.15. The first-order valence-electron chi connectivity index (χ1n) is 9.46. The molecule has 0 radical (unpaired) electrons. The Kier molecular flexibility index (Phi) is 7.87. The van der Waals surface area contributed by atoms with E-state index >= 15 is 0 Å². The van der Waals surface area contributed by atoms with Crippen molar-refractivity contribution in [3.8, 4) is 11.5 Å². The molecule has 2 N–H and O–H groups in total. The monoisotopic (exact) mass is 384 g/mol. The van der Waals surface area contributed by atoms with Crippen LogP contribution >= 0.6 is 0 Å². The smallest absolute Gasteiger partial charge is 0.255 e. The van der Waals surface area contributed by atoms with Crippen LogP contribution in [0.5, 0.6) is 11.5 Å². The number of carbonyl (C=O) groups is 2. The van der Waals surface area contributed by atoms with Gasteiger partial charge in [-0.15, -0.1) is 0 Å². The zero-order valence-electron chi connectivity index (χ0n) is 16.8. The molecular formula is C22H28N2O4. The van der Waals surface area contributed by atoms with Gasteiger partial charge in [0, 0.05) is 13.1 Å². The minimum Gasteiger partial charge on any atom is -0.490 e. The highest BCUT2D eigenvalue weighted by molar-refractivity contribution is 5.98. The van der Waals surface area contributed by atoms with Gasteiger partial charge in [0.25, 0.3) is 11.8 Å². The fourth-order valence-corrected chi connectivity index (χ4v) is 2.56. The third-order valence-corrected chi connectivity index (χ3v) is 3.68.